The van der Waals surface area contributed by atoms with Crippen LogP contribution in [0.15, 0.2) is 40.8 Å². The van der Waals surface area contributed by atoms with E-state index in [9.17, 15) is 4.79 Å². The Bertz CT molecular complexity index is 765. The van der Waals surface area contributed by atoms with Crippen molar-refractivity contribution < 1.29 is 9.21 Å². The molecule has 3 unspecified atom stereocenters. The third kappa shape index (κ3) is 3.95. The highest BCUT2D eigenvalue weighted by molar-refractivity contribution is 5.91. The number of amides is 1. The molecule has 2 heterocycles. The van der Waals surface area contributed by atoms with E-state index in [2.05, 4.69) is 42.3 Å². The van der Waals surface area contributed by atoms with Crippen molar-refractivity contribution in [3.63, 3.8) is 0 Å². The summed E-state index contributed by atoms with van der Waals surface area (Å²) >= 11 is 0. The fourth-order valence-electron chi connectivity index (χ4n) is 3.83. The van der Waals surface area contributed by atoms with Crippen LogP contribution in [0.2, 0.25) is 0 Å². The van der Waals surface area contributed by atoms with Crippen LogP contribution in [-0.4, -0.2) is 19.0 Å². The zero-order valence-corrected chi connectivity index (χ0v) is 15.7. The zero-order valence-electron chi connectivity index (χ0n) is 15.7. The smallest absolute Gasteiger partial charge is 0.224 e. The van der Waals surface area contributed by atoms with Crippen LogP contribution in [0.1, 0.15) is 50.5 Å². The van der Waals surface area contributed by atoms with Gasteiger partial charge in [0.1, 0.15) is 11.5 Å². The second-order valence-electron chi connectivity index (χ2n) is 8.06. The second kappa shape index (κ2) is 7.18. The van der Waals surface area contributed by atoms with Gasteiger partial charge in [-0.3, -0.25) is 4.79 Å². The fraction of sp³-hybridized carbons (Fsp3) is 0.500. The lowest BCUT2D eigenvalue weighted by Gasteiger charge is -2.18. The summed E-state index contributed by atoms with van der Waals surface area (Å²) in [6.07, 6.45) is 3.57. The number of benzene rings is 1. The van der Waals surface area contributed by atoms with Gasteiger partial charge >= 0.3 is 0 Å². The molecule has 1 aromatic heterocycles. The summed E-state index contributed by atoms with van der Waals surface area (Å²) in [5.74, 6) is 4.12. The van der Waals surface area contributed by atoms with E-state index in [0.29, 0.717) is 18.8 Å². The van der Waals surface area contributed by atoms with Crippen LogP contribution in [-0.2, 0) is 11.2 Å². The molecule has 1 saturated carbocycles. The molecule has 0 spiro atoms. The molecular weight excluding hydrogens is 324 g/mol. The normalized spacial score (nSPS) is 24.7. The Hall–Kier alpha value is -2.23. The van der Waals surface area contributed by atoms with Gasteiger partial charge in [0.2, 0.25) is 5.91 Å². The van der Waals surface area contributed by atoms with Crippen LogP contribution in [0.4, 0.5) is 11.4 Å². The molecular formula is C22H28N2O2. The predicted molar refractivity (Wildman–Crippen MR) is 105 cm³/mol. The quantitative estimate of drug-likeness (QED) is 0.810. The van der Waals surface area contributed by atoms with E-state index in [4.69, 9.17) is 4.42 Å². The standard InChI is InChI=1S/C22H28N2O2/c1-15-11-12-24(14-15)18-5-3-17(4-6-18)23-22(25)10-8-19-7-9-21(26-19)20-13-16(20)2/h3-7,9,15-16,20H,8,10-14H2,1-2H3,(H,23,25). The maximum absolute atomic E-state index is 12.2. The number of nitrogens with zero attached hydrogens (tertiary/aromatic N) is 1. The van der Waals surface area contributed by atoms with E-state index in [0.717, 1.165) is 42.1 Å². The van der Waals surface area contributed by atoms with Gasteiger partial charge in [0.05, 0.1) is 0 Å². The molecule has 2 aliphatic rings. The molecule has 1 amide bonds. The summed E-state index contributed by atoms with van der Waals surface area (Å²) in [4.78, 5) is 14.6. The number of nitrogens with one attached hydrogen (secondary N) is 1. The predicted octanol–water partition coefficient (Wildman–Crippen LogP) is 4.82. The van der Waals surface area contributed by atoms with E-state index in [1.807, 2.05) is 18.2 Å². The first-order valence-electron chi connectivity index (χ1n) is 9.82. The number of hydrogen-bond donors (Lipinski definition) is 1. The van der Waals surface area contributed by atoms with Gasteiger partial charge in [0.15, 0.2) is 0 Å². The first kappa shape index (κ1) is 17.2. The minimum absolute atomic E-state index is 0.0327. The van der Waals surface area contributed by atoms with Crippen molar-refractivity contribution in [3.05, 3.63) is 47.9 Å². The Kier molecular flexibility index (Phi) is 4.75. The third-order valence-electron chi connectivity index (χ3n) is 5.70. The molecule has 2 aromatic rings. The van der Waals surface area contributed by atoms with Crippen LogP contribution in [0.3, 0.4) is 0 Å². The van der Waals surface area contributed by atoms with Gasteiger partial charge in [-0.2, -0.15) is 0 Å². The molecule has 1 aromatic carbocycles. The van der Waals surface area contributed by atoms with Crippen molar-refractivity contribution in [2.75, 3.05) is 23.3 Å². The number of anilines is 2. The van der Waals surface area contributed by atoms with Gasteiger partial charge in [-0.25, -0.2) is 0 Å². The van der Waals surface area contributed by atoms with E-state index < -0.39 is 0 Å². The minimum Gasteiger partial charge on any atom is -0.466 e. The molecule has 4 rings (SSSR count). The summed E-state index contributed by atoms with van der Waals surface area (Å²) in [7, 11) is 0. The molecule has 1 saturated heterocycles. The number of aryl methyl sites for hydroxylation is 1. The number of furan rings is 1. The molecule has 1 aliphatic heterocycles. The highest BCUT2D eigenvalue weighted by Crippen LogP contribution is 2.47. The van der Waals surface area contributed by atoms with Crippen molar-refractivity contribution in [2.45, 2.75) is 45.4 Å². The SMILES string of the molecule is CC1CCN(c2ccc(NC(=O)CCc3ccc(C4CC4C)o3)cc2)C1. The average molecular weight is 352 g/mol. The zero-order chi connectivity index (χ0) is 18.1. The number of hydrogen-bond acceptors (Lipinski definition) is 3. The minimum atomic E-state index is 0.0327. The Morgan fingerprint density at radius 3 is 2.62 bits per heavy atom. The van der Waals surface area contributed by atoms with Gasteiger partial charge in [0, 0.05) is 43.2 Å². The summed E-state index contributed by atoms with van der Waals surface area (Å²) < 4.78 is 5.87. The molecule has 4 nitrogen and oxygen atoms in total. The summed E-state index contributed by atoms with van der Waals surface area (Å²) in [6.45, 7) is 6.78. The van der Waals surface area contributed by atoms with Crippen LogP contribution < -0.4 is 10.2 Å². The Labute approximate surface area is 155 Å². The lowest BCUT2D eigenvalue weighted by molar-refractivity contribution is -0.116. The highest BCUT2D eigenvalue weighted by Gasteiger charge is 2.36. The van der Waals surface area contributed by atoms with E-state index >= 15 is 0 Å². The van der Waals surface area contributed by atoms with E-state index in [1.54, 1.807) is 0 Å². The monoisotopic (exact) mass is 352 g/mol. The van der Waals surface area contributed by atoms with Crippen molar-refractivity contribution in [3.8, 4) is 0 Å². The third-order valence-corrected chi connectivity index (χ3v) is 5.70. The average Bonchev–Trinajstić information content (AvgIpc) is 3.01. The molecule has 0 radical (unpaired) electrons. The van der Waals surface area contributed by atoms with E-state index in [-0.39, 0.29) is 5.91 Å². The fourth-order valence-corrected chi connectivity index (χ4v) is 3.83. The van der Waals surface area contributed by atoms with Crippen LogP contribution in [0.25, 0.3) is 0 Å². The topological polar surface area (TPSA) is 45.5 Å². The van der Waals surface area contributed by atoms with Gasteiger partial charge in [-0.05, 0) is 61.1 Å². The largest absolute Gasteiger partial charge is 0.466 e. The number of rotatable bonds is 6. The van der Waals surface area contributed by atoms with Gasteiger partial charge < -0.3 is 14.6 Å². The molecule has 138 valence electrons. The maximum atomic E-state index is 12.2. The van der Waals surface area contributed by atoms with Crippen LogP contribution >= 0.6 is 0 Å². The Balaban J connectivity index is 1.26. The maximum Gasteiger partial charge on any atom is 0.224 e. The summed E-state index contributed by atoms with van der Waals surface area (Å²) in [6, 6.07) is 12.3. The number of carbonyl (C=O) groups excluding carboxylic acids is 1. The first-order chi connectivity index (χ1) is 12.6. The molecule has 0 bridgehead atoms. The Morgan fingerprint density at radius 1 is 1.19 bits per heavy atom. The molecule has 4 heteroatoms. The summed E-state index contributed by atoms with van der Waals surface area (Å²) in [5, 5.41) is 2.99. The van der Waals surface area contributed by atoms with Crippen molar-refractivity contribution in [1.29, 1.82) is 0 Å². The van der Waals surface area contributed by atoms with Crippen molar-refractivity contribution >= 4 is 17.3 Å². The van der Waals surface area contributed by atoms with Crippen LogP contribution in [0, 0.1) is 11.8 Å². The Morgan fingerprint density at radius 2 is 1.96 bits per heavy atom. The van der Waals surface area contributed by atoms with Crippen LogP contribution in [0.5, 0.6) is 0 Å². The molecule has 1 N–H and O–H groups in total. The van der Waals surface area contributed by atoms with Crippen molar-refractivity contribution in [1.82, 2.24) is 0 Å². The highest BCUT2D eigenvalue weighted by atomic mass is 16.3. The van der Waals surface area contributed by atoms with Gasteiger partial charge in [-0.1, -0.05) is 13.8 Å². The first-order valence-corrected chi connectivity index (χ1v) is 9.82. The number of carbonyl (C=O) groups is 1. The lowest BCUT2D eigenvalue weighted by Crippen LogP contribution is -2.19. The molecule has 26 heavy (non-hydrogen) atoms. The van der Waals surface area contributed by atoms with Gasteiger partial charge in [-0.15, -0.1) is 0 Å². The summed E-state index contributed by atoms with van der Waals surface area (Å²) in [5.41, 5.74) is 2.10. The van der Waals surface area contributed by atoms with E-state index in [1.165, 1.54) is 18.5 Å². The second-order valence-corrected chi connectivity index (χ2v) is 8.06. The molecule has 1 aliphatic carbocycles. The lowest BCUT2D eigenvalue weighted by atomic mass is 10.2. The van der Waals surface area contributed by atoms with Crippen molar-refractivity contribution in [2.24, 2.45) is 11.8 Å². The molecule has 3 atom stereocenters. The van der Waals surface area contributed by atoms with Gasteiger partial charge in [0.25, 0.3) is 0 Å². The molecule has 2 fully saturated rings.